The Kier molecular flexibility index (Phi) is 2.93. The van der Waals surface area contributed by atoms with Crippen molar-refractivity contribution >= 4 is 22.8 Å². The van der Waals surface area contributed by atoms with Crippen LogP contribution in [0, 0.1) is 0 Å². The lowest BCUT2D eigenvalue weighted by atomic mass is 10.3. The van der Waals surface area contributed by atoms with Gasteiger partial charge in [0.15, 0.2) is 12.4 Å². The van der Waals surface area contributed by atoms with Crippen LogP contribution in [0.25, 0.3) is 11.0 Å². The third-order valence-corrected chi connectivity index (χ3v) is 1.82. The van der Waals surface area contributed by atoms with Crippen LogP contribution in [0.4, 0.5) is 5.82 Å². The molecule has 2 rings (SSSR count). The molecular formula is C10H9N3O3. The van der Waals surface area contributed by atoms with E-state index in [4.69, 9.17) is 5.11 Å². The summed E-state index contributed by atoms with van der Waals surface area (Å²) in [6.07, 6.45) is 1.48. The quantitative estimate of drug-likeness (QED) is 0.748. The topological polar surface area (TPSA) is 84.3 Å². The van der Waals surface area contributed by atoms with E-state index in [2.05, 4.69) is 20.3 Å². The SMILES string of the molecule is O=C(O)CONc1cnc2ccccc2n1. The molecule has 0 fully saturated rings. The fraction of sp³-hybridized carbons (Fsp3) is 0.100. The fourth-order valence-corrected chi connectivity index (χ4v) is 1.18. The molecule has 0 amide bonds. The van der Waals surface area contributed by atoms with Gasteiger partial charge in [-0.15, -0.1) is 0 Å². The third-order valence-electron chi connectivity index (χ3n) is 1.82. The van der Waals surface area contributed by atoms with Crippen molar-refractivity contribution in [2.24, 2.45) is 0 Å². The minimum atomic E-state index is -1.05. The predicted octanol–water partition coefficient (Wildman–Crippen LogP) is 1.06. The van der Waals surface area contributed by atoms with Crippen LogP contribution in [0.5, 0.6) is 0 Å². The van der Waals surface area contributed by atoms with Crippen molar-refractivity contribution in [3.05, 3.63) is 30.5 Å². The number of aliphatic carboxylic acids is 1. The summed E-state index contributed by atoms with van der Waals surface area (Å²) in [5.41, 5.74) is 3.90. The summed E-state index contributed by atoms with van der Waals surface area (Å²) in [5, 5.41) is 8.36. The maximum atomic E-state index is 10.2. The molecule has 82 valence electrons. The Morgan fingerprint density at radius 1 is 1.38 bits per heavy atom. The highest BCUT2D eigenvalue weighted by molar-refractivity contribution is 5.75. The number of nitrogens with zero attached hydrogens (tertiary/aromatic N) is 2. The van der Waals surface area contributed by atoms with Crippen molar-refractivity contribution in [3.8, 4) is 0 Å². The van der Waals surface area contributed by atoms with Gasteiger partial charge in [-0.2, -0.15) is 0 Å². The lowest BCUT2D eigenvalue weighted by Crippen LogP contribution is -2.12. The zero-order chi connectivity index (χ0) is 11.4. The first kappa shape index (κ1) is 10.3. The molecule has 16 heavy (non-hydrogen) atoms. The summed E-state index contributed by atoms with van der Waals surface area (Å²) in [6, 6.07) is 7.36. The third kappa shape index (κ3) is 2.43. The van der Waals surface area contributed by atoms with Crippen molar-refractivity contribution in [3.63, 3.8) is 0 Å². The van der Waals surface area contributed by atoms with Crippen LogP contribution in [0.2, 0.25) is 0 Å². The Labute approximate surface area is 90.9 Å². The molecule has 2 aromatic rings. The molecule has 0 aliphatic rings. The highest BCUT2D eigenvalue weighted by atomic mass is 16.7. The van der Waals surface area contributed by atoms with Gasteiger partial charge < -0.3 is 5.11 Å². The maximum Gasteiger partial charge on any atom is 0.332 e. The monoisotopic (exact) mass is 219 g/mol. The van der Waals surface area contributed by atoms with E-state index in [0.29, 0.717) is 11.3 Å². The largest absolute Gasteiger partial charge is 0.479 e. The number of aromatic nitrogens is 2. The Morgan fingerprint density at radius 2 is 2.12 bits per heavy atom. The molecule has 6 heteroatoms. The van der Waals surface area contributed by atoms with E-state index in [1.807, 2.05) is 24.3 Å². The average Bonchev–Trinajstić information content (AvgIpc) is 2.28. The molecule has 1 aromatic carbocycles. The van der Waals surface area contributed by atoms with Gasteiger partial charge in [0.2, 0.25) is 0 Å². The molecule has 0 atom stereocenters. The number of para-hydroxylation sites is 2. The first-order chi connectivity index (χ1) is 7.75. The molecule has 0 saturated heterocycles. The second kappa shape index (κ2) is 4.54. The Morgan fingerprint density at radius 3 is 2.88 bits per heavy atom. The van der Waals surface area contributed by atoms with E-state index in [9.17, 15) is 4.79 Å². The summed E-state index contributed by atoms with van der Waals surface area (Å²) in [6.45, 7) is -0.436. The lowest BCUT2D eigenvalue weighted by molar-refractivity contribution is -0.141. The highest BCUT2D eigenvalue weighted by Gasteiger charge is 2.00. The first-order valence-electron chi connectivity index (χ1n) is 4.57. The second-order valence-corrected chi connectivity index (χ2v) is 3.03. The van der Waals surface area contributed by atoms with Gasteiger partial charge in [-0.05, 0) is 12.1 Å². The number of carboxylic acid groups (broad SMARTS) is 1. The van der Waals surface area contributed by atoms with Gasteiger partial charge in [0.05, 0.1) is 17.2 Å². The molecule has 0 saturated carbocycles. The molecule has 0 unspecified atom stereocenters. The van der Waals surface area contributed by atoms with E-state index in [-0.39, 0.29) is 0 Å². The fourth-order valence-electron chi connectivity index (χ4n) is 1.18. The molecule has 0 radical (unpaired) electrons. The first-order valence-corrected chi connectivity index (χ1v) is 4.57. The van der Waals surface area contributed by atoms with Crippen LogP contribution in [0.15, 0.2) is 30.5 Å². The number of anilines is 1. The van der Waals surface area contributed by atoms with Crippen LogP contribution in [-0.2, 0) is 9.63 Å². The molecule has 0 aliphatic heterocycles. The molecule has 1 aromatic heterocycles. The van der Waals surface area contributed by atoms with E-state index in [0.717, 1.165) is 5.52 Å². The molecule has 2 N–H and O–H groups in total. The minimum Gasteiger partial charge on any atom is -0.479 e. The Bertz CT molecular complexity index is 515. The molecule has 0 spiro atoms. The summed E-state index contributed by atoms with van der Waals surface area (Å²) < 4.78 is 0. The summed E-state index contributed by atoms with van der Waals surface area (Å²) >= 11 is 0. The lowest BCUT2D eigenvalue weighted by Gasteiger charge is -2.04. The van der Waals surface area contributed by atoms with Crippen LogP contribution in [0.3, 0.4) is 0 Å². The van der Waals surface area contributed by atoms with Crippen LogP contribution in [0.1, 0.15) is 0 Å². The number of carboxylic acids is 1. The van der Waals surface area contributed by atoms with Gasteiger partial charge in [0.1, 0.15) is 0 Å². The Balaban J connectivity index is 2.10. The summed E-state index contributed by atoms with van der Waals surface area (Å²) in [7, 11) is 0. The molecule has 6 nitrogen and oxygen atoms in total. The number of hydrogen-bond acceptors (Lipinski definition) is 5. The van der Waals surface area contributed by atoms with Crippen molar-refractivity contribution in [2.45, 2.75) is 0 Å². The van der Waals surface area contributed by atoms with Gasteiger partial charge in [0.25, 0.3) is 0 Å². The van der Waals surface area contributed by atoms with Gasteiger partial charge >= 0.3 is 5.97 Å². The van der Waals surface area contributed by atoms with Crippen molar-refractivity contribution in [1.29, 1.82) is 0 Å². The standard InChI is InChI=1S/C10H9N3O3/c14-10(15)6-16-13-9-5-11-7-3-1-2-4-8(7)12-9/h1-5H,6H2,(H,12,13)(H,14,15). The number of carbonyl (C=O) groups is 1. The molecular weight excluding hydrogens is 210 g/mol. The average molecular weight is 219 g/mol. The number of benzene rings is 1. The number of nitrogens with one attached hydrogen (secondary N) is 1. The van der Waals surface area contributed by atoms with Crippen molar-refractivity contribution < 1.29 is 14.7 Å². The van der Waals surface area contributed by atoms with E-state index < -0.39 is 12.6 Å². The van der Waals surface area contributed by atoms with Gasteiger partial charge in [0, 0.05) is 0 Å². The normalized spacial score (nSPS) is 10.2. The maximum absolute atomic E-state index is 10.2. The Hall–Kier alpha value is -2.21. The molecule has 0 aliphatic carbocycles. The van der Waals surface area contributed by atoms with Crippen LogP contribution >= 0.6 is 0 Å². The van der Waals surface area contributed by atoms with E-state index >= 15 is 0 Å². The summed E-state index contributed by atoms with van der Waals surface area (Å²) in [5.74, 6) is -0.679. The van der Waals surface area contributed by atoms with E-state index in [1.165, 1.54) is 6.20 Å². The van der Waals surface area contributed by atoms with Gasteiger partial charge in [-0.1, -0.05) is 12.1 Å². The zero-order valence-electron chi connectivity index (χ0n) is 8.25. The van der Waals surface area contributed by atoms with Crippen LogP contribution in [-0.4, -0.2) is 27.7 Å². The highest BCUT2D eigenvalue weighted by Crippen LogP contribution is 2.10. The molecule has 0 bridgehead atoms. The van der Waals surface area contributed by atoms with Gasteiger partial charge in [-0.25, -0.2) is 15.3 Å². The smallest absolute Gasteiger partial charge is 0.332 e. The number of hydrogen-bond donors (Lipinski definition) is 2. The zero-order valence-corrected chi connectivity index (χ0v) is 8.25. The molecule has 1 heterocycles. The van der Waals surface area contributed by atoms with Crippen molar-refractivity contribution in [2.75, 3.05) is 12.1 Å². The second-order valence-electron chi connectivity index (χ2n) is 3.03. The number of fused-ring (bicyclic) bond motifs is 1. The predicted molar refractivity (Wildman–Crippen MR) is 56.7 cm³/mol. The summed E-state index contributed by atoms with van der Waals surface area (Å²) in [4.78, 5) is 23.2. The van der Waals surface area contributed by atoms with Crippen molar-refractivity contribution in [1.82, 2.24) is 9.97 Å². The van der Waals surface area contributed by atoms with E-state index in [1.54, 1.807) is 0 Å². The minimum absolute atomic E-state index is 0.375. The van der Waals surface area contributed by atoms with Crippen LogP contribution < -0.4 is 5.48 Å². The number of rotatable bonds is 4. The van der Waals surface area contributed by atoms with Gasteiger partial charge in [-0.3, -0.25) is 9.82 Å².